The SMILES string of the molecule is C#CC(C)N=C1CN=C(c2ccccc2F)c2cc(SC)ccc2N1. The second kappa shape index (κ2) is 7.54. The molecule has 0 bridgehead atoms. The summed E-state index contributed by atoms with van der Waals surface area (Å²) >= 11 is 1.63. The first-order valence-electron chi connectivity index (χ1n) is 7.90. The average molecular weight is 351 g/mol. The summed E-state index contributed by atoms with van der Waals surface area (Å²) < 4.78 is 14.4. The Bertz CT molecular complexity index is 896. The highest BCUT2D eigenvalue weighted by atomic mass is 32.2. The number of benzodiazepines with no additional fused rings is 1. The zero-order valence-electron chi connectivity index (χ0n) is 14.1. The molecule has 0 amide bonds. The van der Waals surface area contributed by atoms with Gasteiger partial charge < -0.3 is 5.32 Å². The molecular formula is C20H18FN3S. The molecule has 1 atom stereocenters. The average Bonchev–Trinajstić information content (AvgIpc) is 2.80. The summed E-state index contributed by atoms with van der Waals surface area (Å²) in [6.45, 7) is 2.16. The van der Waals surface area contributed by atoms with Gasteiger partial charge in [0, 0.05) is 21.7 Å². The zero-order valence-corrected chi connectivity index (χ0v) is 14.9. The molecule has 0 fully saturated rings. The molecule has 5 heteroatoms. The topological polar surface area (TPSA) is 36.8 Å². The van der Waals surface area contributed by atoms with Gasteiger partial charge in [0.15, 0.2) is 0 Å². The van der Waals surface area contributed by atoms with Crippen LogP contribution in [0.5, 0.6) is 0 Å². The first kappa shape index (κ1) is 17.2. The number of benzene rings is 2. The van der Waals surface area contributed by atoms with E-state index in [9.17, 15) is 4.39 Å². The van der Waals surface area contributed by atoms with E-state index in [-0.39, 0.29) is 11.9 Å². The summed E-state index contributed by atoms with van der Waals surface area (Å²) in [5.74, 6) is 2.97. The van der Waals surface area contributed by atoms with Crippen LogP contribution in [0.3, 0.4) is 0 Å². The number of nitrogens with zero attached hydrogens (tertiary/aromatic N) is 2. The Kier molecular flexibility index (Phi) is 5.20. The van der Waals surface area contributed by atoms with Gasteiger partial charge in [0.2, 0.25) is 0 Å². The number of hydrogen-bond acceptors (Lipinski definition) is 3. The van der Waals surface area contributed by atoms with Crippen molar-refractivity contribution < 1.29 is 4.39 Å². The van der Waals surface area contributed by atoms with Gasteiger partial charge in [-0.2, -0.15) is 0 Å². The first-order chi connectivity index (χ1) is 12.1. The number of terminal acetylenes is 1. The van der Waals surface area contributed by atoms with Crippen molar-refractivity contribution in [2.45, 2.75) is 17.9 Å². The molecule has 2 aromatic carbocycles. The van der Waals surface area contributed by atoms with E-state index >= 15 is 0 Å². The van der Waals surface area contributed by atoms with Crippen LogP contribution in [-0.2, 0) is 0 Å². The number of hydrogen-bond donors (Lipinski definition) is 1. The normalized spacial score (nSPS) is 16.2. The lowest BCUT2D eigenvalue weighted by Crippen LogP contribution is -2.17. The van der Waals surface area contributed by atoms with E-state index < -0.39 is 0 Å². The smallest absolute Gasteiger partial charge is 0.132 e. The predicted octanol–water partition coefficient (Wildman–Crippen LogP) is 4.23. The Morgan fingerprint density at radius 2 is 2.08 bits per heavy atom. The van der Waals surface area contributed by atoms with E-state index in [2.05, 4.69) is 21.2 Å². The van der Waals surface area contributed by atoms with Gasteiger partial charge in [0.1, 0.15) is 17.7 Å². The molecule has 1 N–H and O–H groups in total. The maximum Gasteiger partial charge on any atom is 0.132 e. The Labute approximate surface area is 151 Å². The number of anilines is 1. The van der Waals surface area contributed by atoms with Gasteiger partial charge in [0.05, 0.1) is 12.3 Å². The largest absolute Gasteiger partial charge is 0.342 e. The van der Waals surface area contributed by atoms with Crippen molar-refractivity contribution >= 4 is 29.0 Å². The number of amidine groups is 1. The van der Waals surface area contributed by atoms with Crippen LogP contribution in [-0.4, -0.2) is 30.4 Å². The Balaban J connectivity index is 2.16. The molecule has 1 unspecified atom stereocenters. The van der Waals surface area contributed by atoms with Gasteiger partial charge in [-0.1, -0.05) is 18.1 Å². The van der Waals surface area contributed by atoms with E-state index in [4.69, 9.17) is 6.42 Å². The predicted molar refractivity (Wildman–Crippen MR) is 104 cm³/mol. The molecule has 0 aliphatic carbocycles. The van der Waals surface area contributed by atoms with Crippen LogP contribution in [0, 0.1) is 18.2 Å². The summed E-state index contributed by atoms with van der Waals surface area (Å²) in [6.07, 6.45) is 7.43. The van der Waals surface area contributed by atoms with Crippen LogP contribution in [0.15, 0.2) is 57.3 Å². The van der Waals surface area contributed by atoms with E-state index in [0.29, 0.717) is 23.7 Å². The van der Waals surface area contributed by atoms with E-state index in [1.165, 1.54) is 6.07 Å². The molecule has 2 aromatic rings. The fourth-order valence-electron chi connectivity index (χ4n) is 2.62. The van der Waals surface area contributed by atoms with E-state index in [1.807, 2.05) is 37.4 Å². The standard InChI is InChI=1S/C20H18FN3S/c1-4-13(2)23-19-12-22-20(15-7-5-6-8-17(15)21)16-11-14(25-3)9-10-18(16)24-19/h1,5-11,13H,12H2,2-3H3,(H,23,24). The van der Waals surface area contributed by atoms with Crippen molar-refractivity contribution in [2.75, 3.05) is 18.1 Å². The minimum Gasteiger partial charge on any atom is -0.342 e. The minimum atomic E-state index is -0.292. The molecule has 0 saturated heterocycles. The molecule has 3 nitrogen and oxygen atoms in total. The van der Waals surface area contributed by atoms with Crippen LogP contribution in [0.2, 0.25) is 0 Å². The lowest BCUT2D eigenvalue weighted by atomic mass is 10.00. The first-order valence-corrected chi connectivity index (χ1v) is 9.12. The number of fused-ring (bicyclic) bond motifs is 1. The summed E-state index contributed by atoms with van der Waals surface area (Å²) in [5, 5.41) is 3.30. The lowest BCUT2D eigenvalue weighted by Gasteiger charge is -2.13. The summed E-state index contributed by atoms with van der Waals surface area (Å²) in [6, 6.07) is 12.4. The monoisotopic (exact) mass is 351 g/mol. The number of aliphatic imine (C=N–C) groups is 2. The number of thioether (sulfide) groups is 1. The molecule has 1 heterocycles. The third-order valence-corrected chi connectivity index (χ3v) is 4.59. The molecular weight excluding hydrogens is 333 g/mol. The van der Waals surface area contributed by atoms with Crippen LogP contribution in [0.1, 0.15) is 18.1 Å². The summed E-state index contributed by atoms with van der Waals surface area (Å²) in [5.41, 5.74) is 2.81. The fourth-order valence-corrected chi connectivity index (χ4v) is 3.06. The third kappa shape index (κ3) is 3.75. The number of nitrogens with one attached hydrogen (secondary N) is 1. The highest BCUT2D eigenvalue weighted by Crippen LogP contribution is 2.28. The molecule has 0 aromatic heterocycles. The van der Waals surface area contributed by atoms with Crippen LogP contribution < -0.4 is 5.32 Å². The van der Waals surface area contributed by atoms with Crippen molar-refractivity contribution in [1.29, 1.82) is 0 Å². The Morgan fingerprint density at radius 3 is 2.80 bits per heavy atom. The minimum absolute atomic E-state index is 0.248. The van der Waals surface area contributed by atoms with Gasteiger partial charge >= 0.3 is 0 Å². The molecule has 1 aliphatic heterocycles. The second-order valence-electron chi connectivity index (χ2n) is 5.60. The number of halogens is 1. The van der Waals surface area contributed by atoms with E-state index in [1.54, 1.807) is 23.9 Å². The molecule has 0 spiro atoms. The van der Waals surface area contributed by atoms with Crippen LogP contribution >= 0.6 is 11.8 Å². The molecule has 126 valence electrons. The van der Waals surface area contributed by atoms with E-state index in [0.717, 1.165) is 16.1 Å². The quantitative estimate of drug-likeness (QED) is 0.664. The van der Waals surface area contributed by atoms with Crippen molar-refractivity contribution in [3.8, 4) is 12.3 Å². The number of rotatable bonds is 3. The highest BCUT2D eigenvalue weighted by molar-refractivity contribution is 7.98. The molecule has 0 saturated carbocycles. The van der Waals surface area contributed by atoms with Crippen molar-refractivity contribution in [2.24, 2.45) is 9.98 Å². The maximum atomic E-state index is 14.4. The molecule has 1 aliphatic rings. The van der Waals surface area contributed by atoms with Crippen molar-refractivity contribution in [1.82, 2.24) is 0 Å². The Hall–Kier alpha value is -2.58. The molecule has 3 rings (SSSR count). The molecule has 0 radical (unpaired) electrons. The lowest BCUT2D eigenvalue weighted by molar-refractivity contribution is 0.625. The summed E-state index contributed by atoms with van der Waals surface area (Å²) in [7, 11) is 0. The van der Waals surface area contributed by atoms with Crippen LogP contribution in [0.4, 0.5) is 10.1 Å². The van der Waals surface area contributed by atoms with Gasteiger partial charge in [-0.25, -0.2) is 4.39 Å². The zero-order chi connectivity index (χ0) is 17.8. The maximum absolute atomic E-state index is 14.4. The van der Waals surface area contributed by atoms with Crippen molar-refractivity contribution in [3.63, 3.8) is 0 Å². The van der Waals surface area contributed by atoms with Gasteiger partial charge in [0.25, 0.3) is 0 Å². The fraction of sp³-hybridized carbons (Fsp3) is 0.200. The van der Waals surface area contributed by atoms with Gasteiger partial charge in [-0.15, -0.1) is 18.2 Å². The van der Waals surface area contributed by atoms with Gasteiger partial charge in [-0.05, 0) is 43.5 Å². The Morgan fingerprint density at radius 1 is 1.28 bits per heavy atom. The second-order valence-corrected chi connectivity index (χ2v) is 6.48. The molecule has 25 heavy (non-hydrogen) atoms. The van der Waals surface area contributed by atoms with Gasteiger partial charge in [-0.3, -0.25) is 9.98 Å². The third-order valence-electron chi connectivity index (χ3n) is 3.87. The van der Waals surface area contributed by atoms with Crippen LogP contribution in [0.25, 0.3) is 0 Å². The highest BCUT2D eigenvalue weighted by Gasteiger charge is 2.20. The summed E-state index contributed by atoms with van der Waals surface area (Å²) in [4.78, 5) is 10.2. The van der Waals surface area contributed by atoms with Crippen molar-refractivity contribution in [3.05, 3.63) is 59.4 Å².